The van der Waals surface area contributed by atoms with Gasteiger partial charge in [0.05, 0.1) is 0 Å². The van der Waals surface area contributed by atoms with Gasteiger partial charge in [0, 0.05) is 37.0 Å². The quantitative estimate of drug-likeness (QED) is 0.611. The molecule has 1 aliphatic heterocycles. The van der Waals surface area contributed by atoms with Crippen molar-refractivity contribution in [3.05, 3.63) is 29.3 Å². The number of carbonyl (C=O) groups is 2. The van der Waals surface area contributed by atoms with E-state index in [1.54, 1.807) is 18.0 Å². The molecule has 4 heteroatoms. The van der Waals surface area contributed by atoms with Crippen LogP contribution in [0.25, 0.3) is 0 Å². The Bertz CT molecular complexity index is 470. The molecule has 0 saturated carbocycles. The zero-order chi connectivity index (χ0) is 12.4. The third kappa shape index (κ3) is 2.34. The van der Waals surface area contributed by atoms with Crippen LogP contribution in [0.1, 0.15) is 28.8 Å². The second-order valence-corrected chi connectivity index (χ2v) is 4.54. The first-order valence-corrected chi connectivity index (χ1v) is 6.15. The van der Waals surface area contributed by atoms with Gasteiger partial charge in [-0.05, 0) is 30.2 Å². The highest BCUT2D eigenvalue weighted by molar-refractivity contribution is 6.19. The summed E-state index contributed by atoms with van der Waals surface area (Å²) >= 11 is 5.56. The molecular weight excluding hydrogens is 238 g/mol. The van der Waals surface area contributed by atoms with Crippen molar-refractivity contribution in [1.29, 1.82) is 0 Å². The van der Waals surface area contributed by atoms with Crippen molar-refractivity contribution in [1.82, 2.24) is 0 Å². The highest BCUT2D eigenvalue weighted by Crippen LogP contribution is 2.27. The van der Waals surface area contributed by atoms with Crippen molar-refractivity contribution in [2.45, 2.75) is 19.3 Å². The molecule has 2 rings (SSSR count). The number of aryl methyl sites for hydroxylation is 1. The van der Waals surface area contributed by atoms with Gasteiger partial charge in [-0.3, -0.25) is 9.59 Å². The van der Waals surface area contributed by atoms with E-state index < -0.39 is 0 Å². The Morgan fingerprint density at radius 3 is 2.88 bits per heavy atom. The van der Waals surface area contributed by atoms with Crippen LogP contribution in [-0.2, 0) is 11.2 Å². The number of anilines is 1. The number of rotatable bonds is 3. The second-order valence-electron chi connectivity index (χ2n) is 4.16. The summed E-state index contributed by atoms with van der Waals surface area (Å²) in [6, 6.07) is 5.49. The minimum absolute atomic E-state index is 0.0577. The molecule has 17 heavy (non-hydrogen) atoms. The van der Waals surface area contributed by atoms with Gasteiger partial charge < -0.3 is 4.90 Å². The van der Waals surface area contributed by atoms with Crippen molar-refractivity contribution in [3.63, 3.8) is 0 Å². The maximum Gasteiger partial charge on any atom is 0.227 e. The van der Waals surface area contributed by atoms with Crippen LogP contribution in [-0.4, -0.2) is 24.6 Å². The number of amides is 1. The fraction of sp³-hybridized carbons (Fsp3) is 0.385. The number of Topliss-reactive ketones (excluding diaryl/α,β-unsaturated/α-hetero) is 1. The van der Waals surface area contributed by atoms with Gasteiger partial charge in [0.15, 0.2) is 5.78 Å². The molecule has 0 spiro atoms. The van der Waals surface area contributed by atoms with E-state index in [4.69, 9.17) is 11.6 Å². The molecule has 1 aliphatic rings. The molecule has 1 aromatic carbocycles. The molecule has 1 amide bonds. The summed E-state index contributed by atoms with van der Waals surface area (Å²) in [5, 5.41) is 0. The maximum atomic E-state index is 11.7. The summed E-state index contributed by atoms with van der Waals surface area (Å²) in [5.74, 6) is 0.522. The molecule has 0 fully saturated rings. The average molecular weight is 252 g/mol. The van der Waals surface area contributed by atoms with Gasteiger partial charge in [-0.2, -0.15) is 0 Å². The van der Waals surface area contributed by atoms with Crippen molar-refractivity contribution >= 4 is 29.0 Å². The van der Waals surface area contributed by atoms with Crippen molar-refractivity contribution in [2.24, 2.45) is 0 Å². The van der Waals surface area contributed by atoms with Crippen LogP contribution in [0.3, 0.4) is 0 Å². The SMILES string of the molecule is CN1C(=O)CCc2cc(C(=O)CCCl)ccc21. The number of hydrogen-bond acceptors (Lipinski definition) is 2. The number of hydrogen-bond donors (Lipinski definition) is 0. The van der Waals surface area contributed by atoms with Gasteiger partial charge in [0.25, 0.3) is 0 Å². The Hall–Kier alpha value is -1.35. The molecule has 0 aliphatic carbocycles. The van der Waals surface area contributed by atoms with Gasteiger partial charge in [0.2, 0.25) is 5.91 Å². The number of alkyl halides is 1. The summed E-state index contributed by atoms with van der Waals surface area (Å²) in [6.07, 6.45) is 1.58. The van der Waals surface area contributed by atoms with E-state index in [1.807, 2.05) is 12.1 Å². The first kappa shape index (κ1) is 12.1. The lowest BCUT2D eigenvalue weighted by atomic mass is 9.97. The molecule has 90 valence electrons. The standard InChI is InChI=1S/C13H14ClNO2/c1-15-11-4-2-10(12(16)6-7-14)8-9(11)3-5-13(15)17/h2,4,8H,3,5-7H2,1H3. The summed E-state index contributed by atoms with van der Waals surface area (Å²) in [7, 11) is 1.76. The lowest BCUT2D eigenvalue weighted by Crippen LogP contribution is -2.31. The molecule has 3 nitrogen and oxygen atoms in total. The minimum Gasteiger partial charge on any atom is -0.315 e. The number of halogens is 1. The molecule has 0 radical (unpaired) electrons. The Labute approximate surface area is 105 Å². The van der Waals surface area contributed by atoms with Crippen LogP contribution in [0.5, 0.6) is 0 Å². The number of benzene rings is 1. The third-order valence-electron chi connectivity index (χ3n) is 3.07. The predicted molar refractivity (Wildman–Crippen MR) is 67.8 cm³/mol. The number of ketones is 1. The monoisotopic (exact) mass is 251 g/mol. The number of fused-ring (bicyclic) bond motifs is 1. The summed E-state index contributed by atoms with van der Waals surface area (Å²) in [5.41, 5.74) is 2.66. The van der Waals surface area contributed by atoms with Crippen LogP contribution in [0.2, 0.25) is 0 Å². The Balaban J connectivity index is 2.32. The second kappa shape index (κ2) is 4.88. The summed E-state index contributed by atoms with van der Waals surface area (Å²) < 4.78 is 0. The molecule has 1 heterocycles. The van der Waals surface area contributed by atoms with Crippen molar-refractivity contribution < 1.29 is 9.59 Å². The van der Waals surface area contributed by atoms with Crippen LogP contribution < -0.4 is 4.90 Å². The van der Waals surface area contributed by atoms with Crippen molar-refractivity contribution in [3.8, 4) is 0 Å². The highest BCUT2D eigenvalue weighted by Gasteiger charge is 2.21. The zero-order valence-corrected chi connectivity index (χ0v) is 10.5. The van der Waals surface area contributed by atoms with E-state index in [0.717, 1.165) is 11.3 Å². The van der Waals surface area contributed by atoms with Crippen LogP contribution >= 0.6 is 11.6 Å². The number of carbonyl (C=O) groups excluding carboxylic acids is 2. The Kier molecular flexibility index (Phi) is 3.48. The normalized spacial score (nSPS) is 14.7. The molecular formula is C13H14ClNO2. The van der Waals surface area contributed by atoms with Gasteiger partial charge >= 0.3 is 0 Å². The maximum absolute atomic E-state index is 11.7. The molecule has 0 bridgehead atoms. The van der Waals surface area contributed by atoms with Gasteiger partial charge in [-0.25, -0.2) is 0 Å². The van der Waals surface area contributed by atoms with Gasteiger partial charge in [-0.15, -0.1) is 11.6 Å². The van der Waals surface area contributed by atoms with E-state index in [9.17, 15) is 9.59 Å². The molecule has 0 unspecified atom stereocenters. The largest absolute Gasteiger partial charge is 0.315 e. The average Bonchev–Trinajstić information content (AvgIpc) is 2.34. The highest BCUT2D eigenvalue weighted by atomic mass is 35.5. The molecule has 0 N–H and O–H groups in total. The molecule has 0 saturated heterocycles. The fourth-order valence-electron chi connectivity index (χ4n) is 2.06. The smallest absolute Gasteiger partial charge is 0.227 e. The molecule has 0 atom stereocenters. The van der Waals surface area contributed by atoms with Gasteiger partial charge in [0.1, 0.15) is 0 Å². The molecule has 0 aromatic heterocycles. The lowest BCUT2D eigenvalue weighted by Gasteiger charge is -2.25. The summed E-state index contributed by atoms with van der Waals surface area (Å²) in [6.45, 7) is 0. The van der Waals surface area contributed by atoms with E-state index in [2.05, 4.69) is 0 Å². The van der Waals surface area contributed by atoms with Crippen LogP contribution in [0.15, 0.2) is 18.2 Å². The first-order chi connectivity index (χ1) is 8.13. The topological polar surface area (TPSA) is 37.4 Å². The lowest BCUT2D eigenvalue weighted by molar-refractivity contribution is -0.118. The zero-order valence-electron chi connectivity index (χ0n) is 9.70. The fourth-order valence-corrected chi connectivity index (χ4v) is 2.23. The van der Waals surface area contributed by atoms with E-state index in [0.29, 0.717) is 30.7 Å². The predicted octanol–water partition coefficient (Wildman–Crippen LogP) is 2.41. The van der Waals surface area contributed by atoms with E-state index in [-0.39, 0.29) is 11.7 Å². The first-order valence-electron chi connectivity index (χ1n) is 5.62. The van der Waals surface area contributed by atoms with Crippen LogP contribution in [0, 0.1) is 0 Å². The van der Waals surface area contributed by atoms with E-state index in [1.165, 1.54) is 0 Å². The third-order valence-corrected chi connectivity index (χ3v) is 3.26. The molecule has 1 aromatic rings. The summed E-state index contributed by atoms with van der Waals surface area (Å²) in [4.78, 5) is 24.9. The minimum atomic E-state index is 0.0577. The van der Waals surface area contributed by atoms with Crippen LogP contribution in [0.4, 0.5) is 5.69 Å². The van der Waals surface area contributed by atoms with Gasteiger partial charge in [-0.1, -0.05) is 0 Å². The Morgan fingerprint density at radius 1 is 1.41 bits per heavy atom. The van der Waals surface area contributed by atoms with E-state index >= 15 is 0 Å². The number of nitrogens with zero attached hydrogens (tertiary/aromatic N) is 1. The Morgan fingerprint density at radius 2 is 2.18 bits per heavy atom. The van der Waals surface area contributed by atoms with Crippen molar-refractivity contribution in [2.75, 3.05) is 17.8 Å².